The standard InChI is InChI=1S/C15H21ClO4/c1-4-19-13-7-6-11(9-14(13)20-5-2)8-12(16)10-15(17)18-3/h6-7,9,12H,4-5,8,10H2,1-3H3. The van der Waals surface area contributed by atoms with E-state index in [2.05, 4.69) is 4.74 Å². The summed E-state index contributed by atoms with van der Waals surface area (Å²) in [5.74, 6) is 1.12. The molecule has 0 bridgehead atoms. The third-order valence-corrected chi connectivity index (χ3v) is 2.99. The largest absolute Gasteiger partial charge is 0.490 e. The minimum absolute atomic E-state index is 0.190. The van der Waals surface area contributed by atoms with E-state index in [0.717, 1.165) is 11.3 Å². The van der Waals surface area contributed by atoms with Crippen LogP contribution >= 0.6 is 11.6 Å². The zero-order valence-electron chi connectivity index (χ0n) is 12.1. The molecule has 0 spiro atoms. The molecule has 20 heavy (non-hydrogen) atoms. The topological polar surface area (TPSA) is 44.8 Å². The Bertz CT molecular complexity index is 434. The molecule has 0 radical (unpaired) electrons. The fourth-order valence-corrected chi connectivity index (χ4v) is 2.12. The molecule has 4 nitrogen and oxygen atoms in total. The number of rotatable bonds is 8. The van der Waals surface area contributed by atoms with Gasteiger partial charge in [0, 0.05) is 5.38 Å². The summed E-state index contributed by atoms with van der Waals surface area (Å²) in [6, 6.07) is 5.70. The minimum atomic E-state index is -0.305. The number of hydrogen-bond acceptors (Lipinski definition) is 4. The number of halogens is 1. The van der Waals surface area contributed by atoms with Gasteiger partial charge in [0.25, 0.3) is 0 Å². The molecule has 0 saturated heterocycles. The van der Waals surface area contributed by atoms with Crippen LogP contribution in [-0.4, -0.2) is 31.7 Å². The molecule has 0 heterocycles. The van der Waals surface area contributed by atoms with Gasteiger partial charge in [0.15, 0.2) is 11.5 Å². The van der Waals surface area contributed by atoms with Crippen molar-refractivity contribution in [2.45, 2.75) is 32.1 Å². The summed E-state index contributed by atoms with van der Waals surface area (Å²) in [7, 11) is 1.36. The molecule has 0 N–H and O–H groups in total. The maximum absolute atomic E-state index is 11.2. The Balaban J connectivity index is 2.75. The number of ether oxygens (including phenoxy) is 3. The van der Waals surface area contributed by atoms with Crippen molar-refractivity contribution in [3.05, 3.63) is 23.8 Å². The molecule has 1 unspecified atom stereocenters. The molecule has 0 fully saturated rings. The Morgan fingerprint density at radius 2 is 1.85 bits per heavy atom. The molecule has 1 aromatic carbocycles. The van der Waals surface area contributed by atoms with Gasteiger partial charge in [-0.05, 0) is 38.0 Å². The quantitative estimate of drug-likeness (QED) is 0.546. The Kier molecular flexibility index (Phi) is 7.23. The van der Waals surface area contributed by atoms with Crippen molar-refractivity contribution in [1.82, 2.24) is 0 Å². The van der Waals surface area contributed by atoms with Gasteiger partial charge in [0.2, 0.25) is 0 Å². The van der Waals surface area contributed by atoms with Crippen molar-refractivity contribution in [3.8, 4) is 11.5 Å². The number of hydrogen-bond donors (Lipinski definition) is 0. The van der Waals surface area contributed by atoms with Crippen molar-refractivity contribution < 1.29 is 19.0 Å². The summed E-state index contributed by atoms with van der Waals surface area (Å²) in [6.45, 7) is 4.99. The minimum Gasteiger partial charge on any atom is -0.490 e. The first kappa shape index (κ1) is 16.6. The van der Waals surface area contributed by atoms with Crippen molar-refractivity contribution in [1.29, 1.82) is 0 Å². The number of carbonyl (C=O) groups excluding carboxylic acids is 1. The first-order valence-electron chi connectivity index (χ1n) is 6.70. The van der Waals surface area contributed by atoms with E-state index in [-0.39, 0.29) is 17.8 Å². The van der Waals surface area contributed by atoms with Crippen LogP contribution in [0, 0.1) is 0 Å². The van der Waals surface area contributed by atoms with Crippen LogP contribution in [-0.2, 0) is 16.0 Å². The lowest BCUT2D eigenvalue weighted by Gasteiger charge is -2.13. The fraction of sp³-hybridized carbons (Fsp3) is 0.533. The molecule has 0 aromatic heterocycles. The molecule has 0 amide bonds. The molecule has 1 aromatic rings. The summed E-state index contributed by atoms with van der Waals surface area (Å²) in [4.78, 5) is 11.2. The van der Waals surface area contributed by atoms with Gasteiger partial charge in [-0.3, -0.25) is 4.79 Å². The fourth-order valence-electron chi connectivity index (χ4n) is 1.81. The lowest BCUT2D eigenvalue weighted by molar-refractivity contribution is -0.140. The molecular formula is C15H21ClO4. The van der Waals surface area contributed by atoms with Gasteiger partial charge in [-0.25, -0.2) is 0 Å². The van der Waals surface area contributed by atoms with Gasteiger partial charge in [-0.1, -0.05) is 6.07 Å². The van der Waals surface area contributed by atoms with Crippen molar-refractivity contribution in [3.63, 3.8) is 0 Å². The van der Waals surface area contributed by atoms with E-state index >= 15 is 0 Å². The highest BCUT2D eigenvalue weighted by molar-refractivity contribution is 6.21. The zero-order chi connectivity index (χ0) is 15.0. The van der Waals surface area contributed by atoms with E-state index < -0.39 is 0 Å². The number of carbonyl (C=O) groups is 1. The Morgan fingerprint density at radius 1 is 1.20 bits per heavy atom. The highest BCUT2D eigenvalue weighted by atomic mass is 35.5. The maximum atomic E-state index is 11.2. The van der Waals surface area contributed by atoms with E-state index in [0.29, 0.717) is 25.4 Å². The summed E-state index contributed by atoms with van der Waals surface area (Å²) in [5, 5.41) is -0.296. The summed E-state index contributed by atoms with van der Waals surface area (Å²) in [6.07, 6.45) is 0.762. The number of alkyl halides is 1. The van der Waals surface area contributed by atoms with Crippen LogP contribution in [0.2, 0.25) is 0 Å². The molecule has 1 atom stereocenters. The summed E-state index contributed by atoms with van der Waals surface area (Å²) < 4.78 is 15.7. The van der Waals surface area contributed by atoms with Crippen molar-refractivity contribution >= 4 is 17.6 Å². The van der Waals surface area contributed by atoms with Crippen molar-refractivity contribution in [2.24, 2.45) is 0 Å². The maximum Gasteiger partial charge on any atom is 0.307 e. The van der Waals surface area contributed by atoms with Crippen LogP contribution < -0.4 is 9.47 Å². The van der Waals surface area contributed by atoms with Crippen LogP contribution in [0.25, 0.3) is 0 Å². The van der Waals surface area contributed by atoms with Crippen LogP contribution in [0.4, 0.5) is 0 Å². The predicted octanol–water partition coefficient (Wildman–Crippen LogP) is 3.20. The van der Waals surface area contributed by atoms with E-state index in [1.165, 1.54) is 7.11 Å². The molecule has 0 aliphatic heterocycles. The van der Waals surface area contributed by atoms with Crippen LogP contribution in [0.15, 0.2) is 18.2 Å². The average molecular weight is 301 g/mol. The smallest absolute Gasteiger partial charge is 0.307 e. The molecule has 0 saturated carbocycles. The number of esters is 1. The van der Waals surface area contributed by atoms with E-state index in [4.69, 9.17) is 21.1 Å². The summed E-state index contributed by atoms with van der Waals surface area (Å²) >= 11 is 6.15. The second-order valence-electron chi connectivity index (χ2n) is 4.23. The summed E-state index contributed by atoms with van der Waals surface area (Å²) in [5.41, 5.74) is 1.00. The monoisotopic (exact) mass is 300 g/mol. The third kappa shape index (κ3) is 5.29. The average Bonchev–Trinajstić information content (AvgIpc) is 2.42. The van der Waals surface area contributed by atoms with Gasteiger partial charge >= 0.3 is 5.97 Å². The normalized spacial score (nSPS) is 11.8. The second-order valence-corrected chi connectivity index (χ2v) is 4.85. The van der Waals surface area contributed by atoms with Crippen molar-refractivity contribution in [2.75, 3.05) is 20.3 Å². The predicted molar refractivity (Wildman–Crippen MR) is 78.8 cm³/mol. The van der Waals surface area contributed by atoms with E-state index in [1.54, 1.807) is 0 Å². The Labute approximate surface area is 125 Å². The third-order valence-electron chi connectivity index (χ3n) is 2.68. The number of benzene rings is 1. The Morgan fingerprint density at radius 3 is 2.45 bits per heavy atom. The highest BCUT2D eigenvalue weighted by Gasteiger charge is 2.14. The van der Waals surface area contributed by atoms with Gasteiger partial charge in [0.1, 0.15) is 0 Å². The van der Waals surface area contributed by atoms with Gasteiger partial charge in [0.05, 0.1) is 26.7 Å². The first-order valence-corrected chi connectivity index (χ1v) is 7.13. The van der Waals surface area contributed by atoms with Gasteiger partial charge in [-0.15, -0.1) is 11.6 Å². The van der Waals surface area contributed by atoms with Crippen LogP contribution in [0.3, 0.4) is 0 Å². The number of methoxy groups -OCH3 is 1. The molecule has 0 aliphatic rings. The van der Waals surface area contributed by atoms with Gasteiger partial charge < -0.3 is 14.2 Å². The molecule has 1 rings (SSSR count). The van der Waals surface area contributed by atoms with E-state index in [9.17, 15) is 4.79 Å². The second kappa shape index (κ2) is 8.69. The molecule has 5 heteroatoms. The molecule has 0 aliphatic carbocycles. The first-order chi connectivity index (χ1) is 9.60. The highest BCUT2D eigenvalue weighted by Crippen LogP contribution is 2.29. The molecular weight excluding hydrogens is 280 g/mol. The van der Waals surface area contributed by atoms with Crippen LogP contribution in [0.5, 0.6) is 11.5 Å². The Hall–Kier alpha value is -1.42. The zero-order valence-corrected chi connectivity index (χ0v) is 12.9. The lowest BCUT2D eigenvalue weighted by atomic mass is 10.1. The lowest BCUT2D eigenvalue weighted by Crippen LogP contribution is -2.12. The molecule has 112 valence electrons. The van der Waals surface area contributed by atoms with Gasteiger partial charge in [-0.2, -0.15) is 0 Å². The van der Waals surface area contributed by atoms with E-state index in [1.807, 2.05) is 32.0 Å². The van der Waals surface area contributed by atoms with Crippen LogP contribution in [0.1, 0.15) is 25.8 Å². The SMILES string of the molecule is CCOc1ccc(CC(Cl)CC(=O)OC)cc1OCC.